The summed E-state index contributed by atoms with van der Waals surface area (Å²) in [6.45, 7) is 8.42. The highest BCUT2D eigenvalue weighted by atomic mass is 16.4. The number of likely N-dealkylation sites (tertiary alicyclic amines) is 3. The molecule has 0 spiro atoms. The summed E-state index contributed by atoms with van der Waals surface area (Å²) in [7, 11) is 6.83. The van der Waals surface area contributed by atoms with Crippen molar-refractivity contribution >= 4 is 17.9 Å². The average molecular weight is 490 g/mol. The van der Waals surface area contributed by atoms with Gasteiger partial charge >= 0.3 is 0 Å². The van der Waals surface area contributed by atoms with Crippen molar-refractivity contribution in [3.05, 3.63) is 0 Å². The maximum atomic E-state index is 10.1. The third-order valence-corrected chi connectivity index (χ3v) is 6.37. The number of rotatable bonds is 5. The van der Waals surface area contributed by atoms with Crippen molar-refractivity contribution in [3.63, 3.8) is 0 Å². The van der Waals surface area contributed by atoms with Crippen LogP contribution in [0, 0.1) is 0 Å². The molecule has 34 heavy (non-hydrogen) atoms. The van der Waals surface area contributed by atoms with Gasteiger partial charge in [0.05, 0.1) is 66.4 Å². The molecule has 10 heteroatoms. The minimum Gasteiger partial charge on any atom is -0.550 e. The van der Waals surface area contributed by atoms with Crippen LogP contribution < -0.4 is 30.0 Å². The summed E-state index contributed by atoms with van der Waals surface area (Å²) >= 11 is 0. The lowest BCUT2D eigenvalue weighted by Crippen LogP contribution is -3.09. The van der Waals surface area contributed by atoms with Crippen molar-refractivity contribution in [1.29, 1.82) is 0 Å². The number of carbonyl (C=O) groups is 3. The predicted octanol–water partition coefficient (Wildman–Crippen LogP) is -6.20. The number of aliphatic hydroxyl groups is 1. The minimum absolute atomic E-state index is 1.36. The van der Waals surface area contributed by atoms with E-state index < -0.39 is 36.4 Å². The fourth-order valence-electron chi connectivity index (χ4n) is 4.15. The number of piperidine rings is 3. The molecule has 3 rings (SSSR count). The fraction of sp³-hybridized carbons (Fsp3) is 0.875. The van der Waals surface area contributed by atoms with Gasteiger partial charge in [0.25, 0.3) is 0 Å². The van der Waals surface area contributed by atoms with Crippen LogP contribution in [0.1, 0.15) is 70.6 Å². The summed E-state index contributed by atoms with van der Waals surface area (Å²) in [4.78, 5) is 35.1. The average Bonchev–Trinajstić information content (AvgIpc) is 2.75. The van der Waals surface area contributed by atoms with E-state index in [1.807, 2.05) is 0 Å². The third-order valence-electron chi connectivity index (χ3n) is 6.37. The number of hydrogen-bond acceptors (Lipinski definition) is 7. The number of carbonyl (C=O) groups excluding carboxylic acids is 3. The molecule has 0 aromatic heterocycles. The van der Waals surface area contributed by atoms with Gasteiger partial charge in [0, 0.05) is 24.8 Å². The Morgan fingerprint density at radius 3 is 0.941 bits per heavy atom. The van der Waals surface area contributed by atoms with Crippen molar-refractivity contribution in [2.24, 2.45) is 0 Å². The molecule has 0 unspecified atom stereocenters. The summed E-state index contributed by atoms with van der Waals surface area (Å²) in [5, 5.41) is 38.9. The fourth-order valence-corrected chi connectivity index (χ4v) is 4.15. The van der Waals surface area contributed by atoms with E-state index in [-0.39, 0.29) is 0 Å². The first-order valence-electron chi connectivity index (χ1n) is 12.7. The van der Waals surface area contributed by atoms with E-state index in [9.17, 15) is 29.7 Å². The van der Waals surface area contributed by atoms with E-state index in [2.05, 4.69) is 21.1 Å². The molecule has 10 nitrogen and oxygen atoms in total. The van der Waals surface area contributed by atoms with E-state index in [4.69, 9.17) is 5.11 Å². The zero-order valence-electron chi connectivity index (χ0n) is 21.4. The Morgan fingerprint density at radius 2 is 0.824 bits per heavy atom. The number of aliphatic carboxylic acids is 3. The van der Waals surface area contributed by atoms with Crippen molar-refractivity contribution in [2.45, 2.75) is 76.2 Å². The lowest BCUT2D eigenvalue weighted by molar-refractivity contribution is -0.884. The first-order chi connectivity index (χ1) is 16.0. The van der Waals surface area contributed by atoms with Crippen molar-refractivity contribution in [1.82, 2.24) is 0 Å². The van der Waals surface area contributed by atoms with Gasteiger partial charge in [-0.1, -0.05) is 0 Å². The summed E-state index contributed by atoms with van der Waals surface area (Å²) in [5.41, 5.74) is -2.97. The molecule has 0 saturated carbocycles. The van der Waals surface area contributed by atoms with Crippen LogP contribution in [0.15, 0.2) is 0 Å². The van der Waals surface area contributed by atoms with Crippen LogP contribution in [-0.2, 0) is 14.4 Å². The lowest BCUT2D eigenvalue weighted by Gasteiger charge is -2.29. The van der Waals surface area contributed by atoms with Gasteiger partial charge in [-0.3, -0.25) is 0 Å². The van der Waals surface area contributed by atoms with Gasteiger partial charge in [0.2, 0.25) is 0 Å². The molecule has 3 saturated heterocycles. The highest BCUT2D eigenvalue weighted by Gasteiger charge is 2.29. The Hall–Kier alpha value is -1.75. The number of carboxylic acids is 3. The van der Waals surface area contributed by atoms with Crippen LogP contribution in [0.3, 0.4) is 0 Å². The highest BCUT2D eigenvalue weighted by molar-refractivity contribution is 5.86. The predicted molar refractivity (Wildman–Crippen MR) is 121 cm³/mol. The first-order valence-corrected chi connectivity index (χ1v) is 12.7. The molecule has 200 valence electrons. The Labute approximate surface area is 204 Å². The Balaban J connectivity index is 0.000000445. The highest BCUT2D eigenvalue weighted by Crippen LogP contribution is 2.13. The second-order valence-corrected chi connectivity index (χ2v) is 9.97. The van der Waals surface area contributed by atoms with Gasteiger partial charge in [0.1, 0.15) is 5.60 Å². The molecule has 0 atom stereocenters. The van der Waals surface area contributed by atoms with Crippen molar-refractivity contribution in [3.8, 4) is 0 Å². The summed E-state index contributed by atoms with van der Waals surface area (Å²) in [6, 6.07) is 0. The van der Waals surface area contributed by atoms with Crippen molar-refractivity contribution < 1.29 is 49.5 Å². The topological polar surface area (TPSA) is 154 Å². The van der Waals surface area contributed by atoms with Crippen molar-refractivity contribution in [2.75, 3.05) is 60.4 Å². The van der Waals surface area contributed by atoms with Crippen LogP contribution in [0.4, 0.5) is 0 Å². The minimum atomic E-state index is -2.97. The quantitative estimate of drug-likeness (QED) is 0.300. The standard InChI is InChI=1S/3C6H13N.C6H8O7/c3*1-7-5-3-2-4-6-7;7-3(8)1-6(13,5(11)12)2-4(9)10/h3*2-6H2,1H3;13H,1-2H2,(H,7,8)(H,9,10)(H,11,12). The first kappa shape index (κ1) is 32.2. The zero-order chi connectivity index (χ0) is 26.0. The normalized spacial score (nSPS) is 19.8. The largest absolute Gasteiger partial charge is 0.550 e. The Morgan fingerprint density at radius 1 is 0.588 bits per heavy atom. The van der Waals surface area contributed by atoms with E-state index >= 15 is 0 Å². The van der Waals surface area contributed by atoms with Gasteiger partial charge in [-0.15, -0.1) is 0 Å². The van der Waals surface area contributed by atoms with Crippen LogP contribution >= 0.6 is 0 Å². The second-order valence-electron chi connectivity index (χ2n) is 9.97. The molecule has 3 fully saturated rings. The SMILES string of the molecule is C[NH+]1CCCCC1.C[NH+]1CCCCC1.C[NH+]1CCCCC1.O=C([O-])CC(O)(CC(=O)[O-])C(=O)[O-]. The Kier molecular flexibility index (Phi) is 17.6. The molecule has 0 bridgehead atoms. The van der Waals surface area contributed by atoms with Crippen LogP contribution in [-0.4, -0.2) is 89.0 Å². The molecule has 0 aromatic rings. The summed E-state index contributed by atoms with van der Waals surface area (Å²) in [6.07, 6.45) is 10.4. The molecule has 0 radical (unpaired) electrons. The molecule has 3 aliphatic heterocycles. The number of carboxylic acid groups (broad SMARTS) is 3. The maximum Gasteiger partial charge on any atom is 0.114 e. The van der Waals surface area contributed by atoms with Gasteiger partial charge in [-0.2, -0.15) is 0 Å². The van der Waals surface area contributed by atoms with Crippen LogP contribution in [0.25, 0.3) is 0 Å². The van der Waals surface area contributed by atoms with Gasteiger partial charge in [-0.25, -0.2) is 0 Å². The third kappa shape index (κ3) is 17.7. The van der Waals surface area contributed by atoms with Gasteiger partial charge < -0.3 is 49.5 Å². The summed E-state index contributed by atoms with van der Waals surface area (Å²) in [5.74, 6) is -5.98. The molecule has 4 N–H and O–H groups in total. The molecular weight excluding hydrogens is 442 g/mol. The smallest absolute Gasteiger partial charge is 0.114 e. The molecule has 0 amide bonds. The number of hydrogen-bond donors (Lipinski definition) is 4. The van der Waals surface area contributed by atoms with E-state index in [1.54, 1.807) is 14.7 Å². The lowest BCUT2D eigenvalue weighted by atomic mass is 9.96. The second kappa shape index (κ2) is 18.6. The molecule has 0 aromatic carbocycles. The van der Waals surface area contributed by atoms with Gasteiger partial charge in [0.15, 0.2) is 0 Å². The van der Waals surface area contributed by atoms with Gasteiger partial charge in [-0.05, 0) is 57.8 Å². The van der Waals surface area contributed by atoms with Crippen LogP contribution in [0.5, 0.6) is 0 Å². The monoisotopic (exact) mass is 489 g/mol. The Bertz CT molecular complexity index is 517. The summed E-state index contributed by atoms with van der Waals surface area (Å²) < 4.78 is 0. The molecule has 3 heterocycles. The van der Waals surface area contributed by atoms with E-state index in [0.29, 0.717) is 0 Å². The van der Waals surface area contributed by atoms with Crippen LogP contribution in [0.2, 0.25) is 0 Å². The molecular formula is C24H47N3O7. The molecule has 3 aliphatic rings. The number of quaternary nitrogens is 3. The van der Waals surface area contributed by atoms with E-state index in [0.717, 1.165) is 0 Å². The number of nitrogens with one attached hydrogen (secondary N) is 3. The molecule has 0 aliphatic carbocycles. The zero-order valence-corrected chi connectivity index (χ0v) is 21.4. The maximum absolute atomic E-state index is 10.1. The van der Waals surface area contributed by atoms with E-state index in [1.165, 1.54) is 97.1 Å².